The molecule has 1 heterocycles. The Hall–Kier alpha value is -2.61. The van der Waals surface area contributed by atoms with Crippen molar-refractivity contribution in [2.45, 2.75) is 32.2 Å². The van der Waals surface area contributed by atoms with Crippen LogP contribution in [-0.4, -0.2) is 15.5 Å². The van der Waals surface area contributed by atoms with Crippen LogP contribution < -0.4 is 5.32 Å². The van der Waals surface area contributed by atoms with Crippen LogP contribution in [0.4, 0.5) is 5.82 Å². The molecule has 2 aromatic rings. The molecule has 0 radical (unpaired) electrons. The standard InChI is InChI=1S/C17H18N4O/c18-12-17(8-4-5-9-17)16(22)20-15-11-21(13-19-15)10-14-6-2-1-3-7-14/h1-3,6-7,11,13H,4-5,8-10H2,(H,20,22). The highest BCUT2D eigenvalue weighted by Crippen LogP contribution is 2.38. The zero-order chi connectivity index (χ0) is 15.4. The minimum Gasteiger partial charge on any atom is -0.331 e. The van der Waals surface area contributed by atoms with Crippen molar-refractivity contribution >= 4 is 11.7 Å². The lowest BCUT2D eigenvalue weighted by atomic mass is 9.87. The first kappa shape index (κ1) is 14.3. The number of imidazole rings is 1. The van der Waals surface area contributed by atoms with Gasteiger partial charge in [0.25, 0.3) is 0 Å². The number of amides is 1. The van der Waals surface area contributed by atoms with Crippen molar-refractivity contribution in [3.8, 4) is 6.07 Å². The van der Waals surface area contributed by atoms with E-state index in [1.165, 1.54) is 5.56 Å². The van der Waals surface area contributed by atoms with Crippen molar-refractivity contribution in [1.29, 1.82) is 5.26 Å². The average molecular weight is 294 g/mol. The van der Waals surface area contributed by atoms with E-state index in [4.69, 9.17) is 0 Å². The Morgan fingerprint density at radius 1 is 1.32 bits per heavy atom. The van der Waals surface area contributed by atoms with Crippen molar-refractivity contribution in [3.05, 3.63) is 48.4 Å². The average Bonchev–Trinajstić information content (AvgIpc) is 3.18. The van der Waals surface area contributed by atoms with E-state index in [1.807, 2.05) is 34.9 Å². The lowest BCUT2D eigenvalue weighted by Crippen LogP contribution is -2.32. The van der Waals surface area contributed by atoms with Crippen molar-refractivity contribution in [2.75, 3.05) is 5.32 Å². The van der Waals surface area contributed by atoms with E-state index in [0.29, 0.717) is 25.2 Å². The summed E-state index contributed by atoms with van der Waals surface area (Å²) in [5.41, 5.74) is 0.297. The Kier molecular flexibility index (Phi) is 3.92. The van der Waals surface area contributed by atoms with Gasteiger partial charge in [0.15, 0.2) is 5.82 Å². The maximum atomic E-state index is 12.4. The molecule has 0 bridgehead atoms. The highest BCUT2D eigenvalue weighted by atomic mass is 16.2. The number of nitrogens with zero attached hydrogens (tertiary/aromatic N) is 3. The summed E-state index contributed by atoms with van der Waals surface area (Å²) in [7, 11) is 0. The molecule has 0 saturated heterocycles. The molecule has 0 aliphatic heterocycles. The molecule has 1 aliphatic rings. The van der Waals surface area contributed by atoms with Gasteiger partial charge in [-0.1, -0.05) is 43.2 Å². The second-order valence-corrected chi connectivity index (χ2v) is 5.77. The molecule has 1 amide bonds. The largest absolute Gasteiger partial charge is 0.331 e. The predicted molar refractivity (Wildman–Crippen MR) is 82.9 cm³/mol. The van der Waals surface area contributed by atoms with Crippen LogP contribution in [0.5, 0.6) is 0 Å². The third-order valence-corrected chi connectivity index (χ3v) is 4.19. The molecule has 0 spiro atoms. The number of aromatic nitrogens is 2. The third kappa shape index (κ3) is 2.86. The zero-order valence-electron chi connectivity index (χ0n) is 12.3. The molecule has 5 heteroatoms. The topological polar surface area (TPSA) is 70.7 Å². The molecule has 0 unspecified atom stereocenters. The van der Waals surface area contributed by atoms with Crippen LogP contribution in [0.25, 0.3) is 0 Å². The number of nitriles is 1. The molecule has 1 aromatic carbocycles. The Bertz CT molecular complexity index is 693. The van der Waals surface area contributed by atoms with Gasteiger partial charge >= 0.3 is 0 Å². The minimum atomic E-state index is -0.872. The van der Waals surface area contributed by atoms with E-state index in [1.54, 1.807) is 12.5 Å². The molecule has 1 fully saturated rings. The van der Waals surface area contributed by atoms with Crippen LogP contribution >= 0.6 is 0 Å². The van der Waals surface area contributed by atoms with Crippen molar-refractivity contribution in [1.82, 2.24) is 9.55 Å². The van der Waals surface area contributed by atoms with Gasteiger partial charge in [-0.15, -0.1) is 0 Å². The SMILES string of the molecule is N#CC1(C(=O)Nc2cn(Cc3ccccc3)cn2)CCCC1. The van der Waals surface area contributed by atoms with Gasteiger partial charge in [0.2, 0.25) is 5.91 Å². The highest BCUT2D eigenvalue weighted by Gasteiger charge is 2.41. The van der Waals surface area contributed by atoms with E-state index >= 15 is 0 Å². The number of carbonyl (C=O) groups excluding carboxylic acids is 1. The number of rotatable bonds is 4. The highest BCUT2D eigenvalue weighted by molar-refractivity contribution is 5.96. The molecule has 112 valence electrons. The summed E-state index contributed by atoms with van der Waals surface area (Å²) < 4.78 is 1.92. The summed E-state index contributed by atoms with van der Waals surface area (Å²) in [5, 5.41) is 12.1. The molecule has 0 atom stereocenters. The summed E-state index contributed by atoms with van der Waals surface area (Å²) in [5.74, 6) is 0.278. The number of benzene rings is 1. The molecule has 1 N–H and O–H groups in total. The molecule has 5 nitrogen and oxygen atoms in total. The minimum absolute atomic E-state index is 0.225. The Morgan fingerprint density at radius 3 is 2.73 bits per heavy atom. The fraction of sp³-hybridized carbons (Fsp3) is 0.353. The normalized spacial score (nSPS) is 16.1. The van der Waals surface area contributed by atoms with Gasteiger partial charge in [-0.3, -0.25) is 4.79 Å². The maximum absolute atomic E-state index is 12.4. The monoisotopic (exact) mass is 294 g/mol. The molecule has 22 heavy (non-hydrogen) atoms. The first-order chi connectivity index (χ1) is 10.7. The van der Waals surface area contributed by atoms with Crippen LogP contribution in [0.3, 0.4) is 0 Å². The van der Waals surface area contributed by atoms with Crippen LogP contribution in [0, 0.1) is 16.7 Å². The fourth-order valence-corrected chi connectivity index (χ4v) is 2.91. The third-order valence-electron chi connectivity index (χ3n) is 4.19. The first-order valence-electron chi connectivity index (χ1n) is 7.50. The van der Waals surface area contributed by atoms with Crippen molar-refractivity contribution < 1.29 is 4.79 Å². The van der Waals surface area contributed by atoms with E-state index in [-0.39, 0.29) is 5.91 Å². The summed E-state index contributed by atoms with van der Waals surface area (Å²) >= 11 is 0. The Labute approximate surface area is 129 Å². The quantitative estimate of drug-likeness (QED) is 0.942. The number of hydrogen-bond donors (Lipinski definition) is 1. The van der Waals surface area contributed by atoms with E-state index < -0.39 is 5.41 Å². The van der Waals surface area contributed by atoms with Crippen LogP contribution in [0.1, 0.15) is 31.2 Å². The number of nitrogens with one attached hydrogen (secondary N) is 1. The van der Waals surface area contributed by atoms with Crippen LogP contribution in [0.2, 0.25) is 0 Å². The van der Waals surface area contributed by atoms with E-state index in [9.17, 15) is 10.1 Å². The Morgan fingerprint density at radius 2 is 2.05 bits per heavy atom. The summed E-state index contributed by atoms with van der Waals surface area (Å²) in [6.45, 7) is 0.701. The second-order valence-electron chi connectivity index (χ2n) is 5.77. The number of anilines is 1. The maximum Gasteiger partial charge on any atom is 0.246 e. The molecule has 3 rings (SSSR count). The summed E-state index contributed by atoms with van der Waals surface area (Å²) in [6.07, 6.45) is 6.63. The molecule has 1 aliphatic carbocycles. The summed E-state index contributed by atoms with van der Waals surface area (Å²) in [4.78, 5) is 16.6. The van der Waals surface area contributed by atoms with Gasteiger partial charge in [-0.25, -0.2) is 4.98 Å². The lowest BCUT2D eigenvalue weighted by molar-refractivity contribution is -0.122. The van der Waals surface area contributed by atoms with Gasteiger partial charge in [0, 0.05) is 12.7 Å². The fourth-order valence-electron chi connectivity index (χ4n) is 2.91. The van der Waals surface area contributed by atoms with Crippen LogP contribution in [0.15, 0.2) is 42.9 Å². The van der Waals surface area contributed by atoms with Gasteiger partial charge < -0.3 is 9.88 Å². The molecular weight excluding hydrogens is 276 g/mol. The lowest BCUT2D eigenvalue weighted by Gasteiger charge is -2.18. The van der Waals surface area contributed by atoms with Crippen molar-refractivity contribution in [3.63, 3.8) is 0 Å². The second kappa shape index (κ2) is 6.02. The van der Waals surface area contributed by atoms with Crippen LogP contribution in [-0.2, 0) is 11.3 Å². The van der Waals surface area contributed by atoms with Gasteiger partial charge in [-0.05, 0) is 18.4 Å². The van der Waals surface area contributed by atoms with Gasteiger partial charge in [0.05, 0.1) is 12.4 Å². The van der Waals surface area contributed by atoms with E-state index in [2.05, 4.69) is 16.4 Å². The number of carbonyl (C=O) groups is 1. The summed E-state index contributed by atoms with van der Waals surface area (Å²) in [6, 6.07) is 12.2. The molecule has 1 aromatic heterocycles. The molecular formula is C17H18N4O. The van der Waals surface area contributed by atoms with Gasteiger partial charge in [-0.2, -0.15) is 5.26 Å². The van der Waals surface area contributed by atoms with Crippen molar-refractivity contribution in [2.24, 2.45) is 5.41 Å². The number of hydrogen-bond acceptors (Lipinski definition) is 3. The van der Waals surface area contributed by atoms with E-state index in [0.717, 1.165) is 12.8 Å². The Balaban J connectivity index is 1.67. The predicted octanol–water partition coefficient (Wildman–Crippen LogP) is 2.95. The molecule has 1 saturated carbocycles. The smallest absolute Gasteiger partial charge is 0.246 e. The zero-order valence-corrected chi connectivity index (χ0v) is 12.3. The first-order valence-corrected chi connectivity index (χ1v) is 7.50. The van der Waals surface area contributed by atoms with Gasteiger partial charge in [0.1, 0.15) is 5.41 Å².